The van der Waals surface area contributed by atoms with E-state index in [0.717, 1.165) is 28.2 Å². The van der Waals surface area contributed by atoms with Crippen LogP contribution in [0.3, 0.4) is 0 Å². The lowest BCUT2D eigenvalue weighted by Gasteiger charge is -2.35. The first-order chi connectivity index (χ1) is 37.7. The lowest BCUT2D eigenvalue weighted by molar-refractivity contribution is 0.768. The van der Waals surface area contributed by atoms with Gasteiger partial charge in [0.25, 0.3) is 0 Å². The van der Waals surface area contributed by atoms with Gasteiger partial charge in [0, 0.05) is 22.3 Å². The van der Waals surface area contributed by atoms with Crippen molar-refractivity contribution in [1.29, 1.82) is 0 Å². The van der Waals surface area contributed by atoms with E-state index in [4.69, 9.17) is 0 Å². The summed E-state index contributed by atoms with van der Waals surface area (Å²) in [5.74, 6) is 0. The molecule has 0 amide bonds. The van der Waals surface area contributed by atoms with Crippen LogP contribution in [0.2, 0.25) is 0 Å². The van der Waals surface area contributed by atoms with Crippen molar-refractivity contribution in [2.24, 2.45) is 0 Å². The van der Waals surface area contributed by atoms with Crippen LogP contribution in [0.1, 0.15) is 22.3 Å². The summed E-state index contributed by atoms with van der Waals surface area (Å²) in [4.78, 5) is 2.52. The van der Waals surface area contributed by atoms with Crippen LogP contribution in [0.25, 0.3) is 88.3 Å². The zero-order chi connectivity index (χ0) is 50.4. The van der Waals surface area contributed by atoms with E-state index in [0.29, 0.717) is 0 Å². The number of rotatable bonds is 10. The fourth-order valence-corrected chi connectivity index (χ4v) is 12.4. The molecule has 0 heterocycles. The van der Waals surface area contributed by atoms with Crippen LogP contribution in [0.5, 0.6) is 0 Å². The summed E-state index contributed by atoms with van der Waals surface area (Å²) >= 11 is 0. The molecular formula is C75H51N. The number of anilines is 3. The first-order valence-electron chi connectivity index (χ1n) is 26.3. The van der Waals surface area contributed by atoms with E-state index >= 15 is 0 Å². The normalized spacial score (nSPS) is 12.3. The number of hydrogen-bond acceptors (Lipinski definition) is 1. The van der Waals surface area contributed by atoms with Crippen LogP contribution in [-0.2, 0) is 5.41 Å². The summed E-state index contributed by atoms with van der Waals surface area (Å²) in [5.41, 5.74) is 22.2. The smallest absolute Gasteiger partial charge is 0.0713 e. The van der Waals surface area contributed by atoms with E-state index in [1.165, 1.54) is 99.4 Å². The van der Waals surface area contributed by atoms with E-state index in [-0.39, 0.29) is 0 Å². The van der Waals surface area contributed by atoms with E-state index in [9.17, 15) is 0 Å². The topological polar surface area (TPSA) is 3.24 Å². The Bertz CT molecular complexity index is 4210. The van der Waals surface area contributed by atoms with Crippen LogP contribution in [0.15, 0.2) is 309 Å². The molecule has 0 unspecified atom stereocenters. The zero-order valence-corrected chi connectivity index (χ0v) is 41.9. The molecule has 1 aliphatic rings. The highest BCUT2D eigenvalue weighted by Crippen LogP contribution is 2.57. The van der Waals surface area contributed by atoms with Crippen LogP contribution >= 0.6 is 0 Å². The first-order valence-corrected chi connectivity index (χ1v) is 26.3. The van der Waals surface area contributed by atoms with Gasteiger partial charge < -0.3 is 4.90 Å². The Balaban J connectivity index is 1.01. The van der Waals surface area contributed by atoms with Gasteiger partial charge in [-0.3, -0.25) is 0 Å². The molecule has 0 saturated carbocycles. The molecule has 0 atom stereocenters. The predicted octanol–water partition coefficient (Wildman–Crippen LogP) is 20.2. The maximum atomic E-state index is 2.52. The SMILES string of the molecule is c1ccc(-c2cccc(-c3ccc(N(c4ccc(C5(c6ccccc6)c6ccccc6-c6ccccc65)cc4)c4c(-c5cccc(-c6ccccc6-c6ccccc6)c5)c5ccccc5c5ccccc45)cc3)c2)cc1. The van der Waals surface area contributed by atoms with Gasteiger partial charge in [-0.15, -0.1) is 0 Å². The summed E-state index contributed by atoms with van der Waals surface area (Å²) in [6, 6.07) is 114. The van der Waals surface area contributed by atoms with E-state index < -0.39 is 5.41 Å². The molecule has 0 spiro atoms. The predicted molar refractivity (Wildman–Crippen MR) is 321 cm³/mol. The molecule has 0 fully saturated rings. The van der Waals surface area contributed by atoms with Crippen molar-refractivity contribution in [1.82, 2.24) is 0 Å². The zero-order valence-electron chi connectivity index (χ0n) is 41.9. The maximum Gasteiger partial charge on any atom is 0.0713 e. The second-order valence-electron chi connectivity index (χ2n) is 19.9. The number of hydrogen-bond donors (Lipinski definition) is 0. The van der Waals surface area contributed by atoms with Gasteiger partial charge in [-0.2, -0.15) is 0 Å². The summed E-state index contributed by atoms with van der Waals surface area (Å²) in [6.45, 7) is 0. The van der Waals surface area contributed by atoms with E-state index in [2.05, 4.69) is 314 Å². The molecule has 0 aromatic heterocycles. The molecule has 1 heteroatoms. The van der Waals surface area contributed by atoms with Crippen LogP contribution in [-0.4, -0.2) is 0 Å². The quantitative estimate of drug-likeness (QED) is 0.123. The number of benzene rings is 13. The van der Waals surface area contributed by atoms with Crippen molar-refractivity contribution in [3.8, 4) is 66.8 Å². The highest BCUT2D eigenvalue weighted by molar-refractivity contribution is 6.22. The number of fused-ring (bicyclic) bond motifs is 6. The summed E-state index contributed by atoms with van der Waals surface area (Å²) in [5, 5.41) is 4.80. The minimum absolute atomic E-state index is 0.523. The fourth-order valence-electron chi connectivity index (χ4n) is 12.4. The third kappa shape index (κ3) is 7.47. The van der Waals surface area contributed by atoms with Crippen molar-refractivity contribution in [2.75, 3.05) is 4.90 Å². The van der Waals surface area contributed by atoms with Gasteiger partial charge in [-0.25, -0.2) is 0 Å². The Morgan fingerprint density at radius 2 is 0.605 bits per heavy atom. The molecule has 76 heavy (non-hydrogen) atoms. The second kappa shape index (κ2) is 18.9. The molecular weight excluding hydrogens is 915 g/mol. The monoisotopic (exact) mass is 965 g/mol. The molecule has 0 bridgehead atoms. The third-order valence-corrected chi connectivity index (χ3v) is 15.7. The van der Waals surface area contributed by atoms with Crippen molar-refractivity contribution in [2.45, 2.75) is 5.41 Å². The number of nitrogens with zero attached hydrogens (tertiary/aromatic N) is 1. The molecule has 1 aliphatic carbocycles. The highest BCUT2D eigenvalue weighted by Gasteiger charge is 2.46. The van der Waals surface area contributed by atoms with Gasteiger partial charge in [0.05, 0.1) is 11.1 Å². The Morgan fingerprint density at radius 3 is 1.21 bits per heavy atom. The second-order valence-corrected chi connectivity index (χ2v) is 19.9. The third-order valence-electron chi connectivity index (χ3n) is 15.7. The maximum absolute atomic E-state index is 2.52. The molecule has 14 rings (SSSR count). The van der Waals surface area contributed by atoms with Crippen molar-refractivity contribution in [3.63, 3.8) is 0 Å². The molecule has 13 aromatic rings. The van der Waals surface area contributed by atoms with Crippen LogP contribution in [0, 0.1) is 0 Å². The van der Waals surface area contributed by atoms with Gasteiger partial charge in [0.1, 0.15) is 0 Å². The Labute approximate surface area is 444 Å². The summed E-state index contributed by atoms with van der Waals surface area (Å²) in [7, 11) is 0. The van der Waals surface area contributed by atoms with Gasteiger partial charge in [-0.1, -0.05) is 273 Å². The molecule has 13 aromatic carbocycles. The minimum Gasteiger partial charge on any atom is -0.309 e. The summed E-state index contributed by atoms with van der Waals surface area (Å²) in [6.07, 6.45) is 0. The van der Waals surface area contributed by atoms with Crippen LogP contribution < -0.4 is 4.90 Å². The molecule has 0 N–H and O–H groups in total. The average Bonchev–Trinajstić information content (AvgIpc) is 3.82. The molecule has 0 aliphatic heterocycles. The standard InChI is InChI=1S/C75H51N/c1-4-22-52(23-5-1)55-26-20-27-56(50-55)53-42-46-61(47-43-53)76(62-48-44-60(45-49-62)75(59-30-8-3-9-31-59)71-40-18-16-36-67(71)68-37-17-19-41-72(68)75)74-70-39-15-13-35-66(70)65-34-12-14-38-69(65)73(74)58-29-21-28-57(51-58)64-33-11-10-32-63(64)54-24-6-2-7-25-54/h1-51H. The average molecular weight is 966 g/mol. The van der Waals surface area contributed by atoms with Crippen molar-refractivity contribution >= 4 is 38.6 Å². The van der Waals surface area contributed by atoms with E-state index in [1.54, 1.807) is 0 Å². The lowest BCUT2D eigenvalue weighted by atomic mass is 9.67. The summed E-state index contributed by atoms with van der Waals surface area (Å²) < 4.78 is 0. The van der Waals surface area contributed by atoms with Crippen molar-refractivity contribution in [3.05, 3.63) is 332 Å². The van der Waals surface area contributed by atoms with Gasteiger partial charge in [0.2, 0.25) is 0 Å². The minimum atomic E-state index is -0.523. The molecule has 0 saturated heterocycles. The Kier molecular flexibility index (Phi) is 11.2. The van der Waals surface area contributed by atoms with Crippen molar-refractivity contribution < 1.29 is 0 Å². The van der Waals surface area contributed by atoms with Crippen LogP contribution in [0.4, 0.5) is 17.1 Å². The molecule has 1 nitrogen and oxygen atoms in total. The Hall–Kier alpha value is -9.82. The lowest BCUT2D eigenvalue weighted by Crippen LogP contribution is -2.28. The van der Waals surface area contributed by atoms with Gasteiger partial charge in [-0.05, 0) is 136 Å². The largest absolute Gasteiger partial charge is 0.309 e. The van der Waals surface area contributed by atoms with Gasteiger partial charge in [0.15, 0.2) is 0 Å². The molecule has 356 valence electrons. The highest BCUT2D eigenvalue weighted by atomic mass is 15.1. The van der Waals surface area contributed by atoms with Gasteiger partial charge >= 0.3 is 0 Å². The molecule has 0 radical (unpaired) electrons. The fraction of sp³-hybridized carbons (Fsp3) is 0.0133. The Morgan fingerprint density at radius 1 is 0.224 bits per heavy atom. The first kappa shape index (κ1) is 44.8. The van der Waals surface area contributed by atoms with E-state index in [1.807, 2.05) is 0 Å².